The number of hydrogen-bond acceptors (Lipinski definition) is 6. The highest BCUT2D eigenvalue weighted by Gasteiger charge is 2.24. The van der Waals surface area contributed by atoms with Gasteiger partial charge in [-0.3, -0.25) is 4.79 Å². The Morgan fingerprint density at radius 1 is 1.40 bits per heavy atom. The summed E-state index contributed by atoms with van der Waals surface area (Å²) in [7, 11) is 3.74. The number of rotatable bonds is 4. The number of nitrogens with one attached hydrogen (secondary N) is 1. The van der Waals surface area contributed by atoms with Gasteiger partial charge in [-0.15, -0.1) is 11.3 Å². The Morgan fingerprint density at radius 2 is 2.28 bits per heavy atom. The summed E-state index contributed by atoms with van der Waals surface area (Å²) >= 11 is 1.66. The van der Waals surface area contributed by atoms with Crippen LogP contribution in [-0.2, 0) is 16.0 Å². The van der Waals surface area contributed by atoms with Gasteiger partial charge in [0.1, 0.15) is 11.6 Å². The van der Waals surface area contributed by atoms with Gasteiger partial charge in [-0.2, -0.15) is 4.98 Å². The molecule has 0 bridgehead atoms. The molecule has 2 aromatic heterocycles. The van der Waals surface area contributed by atoms with Crippen molar-refractivity contribution in [2.75, 3.05) is 30.9 Å². The van der Waals surface area contributed by atoms with Gasteiger partial charge >= 0.3 is 0 Å². The van der Waals surface area contributed by atoms with Crippen molar-refractivity contribution in [2.45, 2.75) is 18.9 Å². The fraction of sp³-hybridized carbons (Fsp3) is 0.333. The van der Waals surface area contributed by atoms with Gasteiger partial charge in [0.25, 0.3) is 6.01 Å². The lowest BCUT2D eigenvalue weighted by Gasteiger charge is -2.22. The maximum Gasteiger partial charge on any atom is 0.297 e. The Morgan fingerprint density at radius 3 is 3.12 bits per heavy atom. The fourth-order valence-electron chi connectivity index (χ4n) is 2.94. The second-order valence-corrected chi connectivity index (χ2v) is 7.19. The van der Waals surface area contributed by atoms with E-state index in [1.54, 1.807) is 22.3 Å². The summed E-state index contributed by atoms with van der Waals surface area (Å²) in [5.74, 6) is -0.0713. The lowest BCUT2D eigenvalue weighted by atomic mass is 10.1. The molecule has 1 aromatic carbocycles. The van der Waals surface area contributed by atoms with Crippen LogP contribution in [0.2, 0.25) is 0 Å². The highest BCUT2D eigenvalue weighted by atomic mass is 32.1. The molecule has 0 fully saturated rings. The summed E-state index contributed by atoms with van der Waals surface area (Å²) in [4.78, 5) is 19.8. The summed E-state index contributed by atoms with van der Waals surface area (Å²) in [6, 6.07) is 8.13. The summed E-state index contributed by atoms with van der Waals surface area (Å²) in [5.41, 5.74) is 3.41. The van der Waals surface area contributed by atoms with Crippen LogP contribution in [0.15, 0.2) is 34.1 Å². The number of ether oxygens (including phenoxy) is 1. The first-order valence-electron chi connectivity index (χ1n) is 8.16. The summed E-state index contributed by atoms with van der Waals surface area (Å²) < 4.78 is 11.5. The predicted octanol–water partition coefficient (Wildman–Crippen LogP) is 3.60. The van der Waals surface area contributed by atoms with Gasteiger partial charge in [0, 0.05) is 30.7 Å². The molecule has 1 amide bonds. The maximum atomic E-state index is 12.4. The van der Waals surface area contributed by atoms with Gasteiger partial charge in [-0.1, -0.05) is 0 Å². The molecule has 4 rings (SSSR count). The van der Waals surface area contributed by atoms with E-state index in [-0.39, 0.29) is 12.0 Å². The van der Waals surface area contributed by atoms with E-state index in [2.05, 4.69) is 21.7 Å². The lowest BCUT2D eigenvalue weighted by Crippen LogP contribution is -2.21. The van der Waals surface area contributed by atoms with Crippen molar-refractivity contribution in [3.63, 3.8) is 0 Å². The van der Waals surface area contributed by atoms with Crippen LogP contribution >= 0.6 is 11.3 Å². The molecule has 1 unspecified atom stereocenters. The van der Waals surface area contributed by atoms with Gasteiger partial charge < -0.3 is 19.4 Å². The summed E-state index contributed by atoms with van der Waals surface area (Å²) in [6.07, 6.45) is 1.08. The first-order valence-corrected chi connectivity index (χ1v) is 9.04. The van der Waals surface area contributed by atoms with Crippen LogP contribution in [0, 0.1) is 0 Å². The second kappa shape index (κ2) is 6.50. The predicted molar refractivity (Wildman–Crippen MR) is 98.3 cm³/mol. The number of nitrogens with zero attached hydrogens (tertiary/aromatic N) is 2. The molecule has 7 heteroatoms. The monoisotopic (exact) mass is 357 g/mol. The van der Waals surface area contributed by atoms with E-state index in [1.807, 2.05) is 26.2 Å². The van der Waals surface area contributed by atoms with E-state index in [1.165, 1.54) is 10.4 Å². The minimum atomic E-state index is -0.155. The second-order valence-electron chi connectivity index (χ2n) is 6.25. The number of hydrogen-bond donors (Lipinski definition) is 1. The number of benzene rings is 1. The van der Waals surface area contributed by atoms with Gasteiger partial charge in [0.15, 0.2) is 5.58 Å². The largest absolute Gasteiger partial charge is 0.423 e. The standard InChI is InChI=1S/C18H19N3O3S/c1-21(2)18-20-13-4-3-12(9-14(13)24-18)19-16(22)10-15-17-11(5-7-23-15)6-8-25-17/h3-4,6,8-9,15H,5,7,10H2,1-2H3,(H,19,22). The number of oxazole rings is 1. The van der Waals surface area contributed by atoms with Gasteiger partial charge in [-0.05, 0) is 35.6 Å². The van der Waals surface area contributed by atoms with Gasteiger partial charge in [0.05, 0.1) is 13.0 Å². The minimum absolute atomic E-state index is 0.0713. The van der Waals surface area contributed by atoms with Crippen molar-refractivity contribution in [2.24, 2.45) is 0 Å². The third-order valence-corrected chi connectivity index (χ3v) is 5.23. The molecule has 3 aromatic rings. The smallest absolute Gasteiger partial charge is 0.297 e. The molecular weight excluding hydrogens is 338 g/mol. The molecule has 0 saturated carbocycles. The number of fused-ring (bicyclic) bond motifs is 2. The Labute approximate surface area is 149 Å². The van der Waals surface area contributed by atoms with Crippen LogP contribution in [0.25, 0.3) is 11.1 Å². The van der Waals surface area contributed by atoms with E-state index in [4.69, 9.17) is 9.15 Å². The topological polar surface area (TPSA) is 67.6 Å². The zero-order valence-corrected chi connectivity index (χ0v) is 14.9. The van der Waals surface area contributed by atoms with Gasteiger partial charge in [0.2, 0.25) is 5.91 Å². The molecule has 0 saturated heterocycles. The number of aromatic nitrogens is 1. The van der Waals surface area contributed by atoms with Crippen molar-refractivity contribution < 1.29 is 13.9 Å². The van der Waals surface area contributed by atoms with Crippen LogP contribution in [-0.4, -0.2) is 31.6 Å². The normalized spacial score (nSPS) is 16.6. The number of carbonyl (C=O) groups excluding carboxylic acids is 1. The molecule has 1 N–H and O–H groups in total. The van der Waals surface area contributed by atoms with E-state index >= 15 is 0 Å². The van der Waals surface area contributed by atoms with Crippen molar-refractivity contribution in [3.05, 3.63) is 40.1 Å². The van der Waals surface area contributed by atoms with E-state index < -0.39 is 0 Å². The van der Waals surface area contributed by atoms with Gasteiger partial charge in [-0.25, -0.2) is 0 Å². The van der Waals surface area contributed by atoms with Crippen molar-refractivity contribution in [3.8, 4) is 0 Å². The van der Waals surface area contributed by atoms with Crippen molar-refractivity contribution in [1.29, 1.82) is 0 Å². The first kappa shape index (κ1) is 16.1. The highest BCUT2D eigenvalue weighted by molar-refractivity contribution is 7.10. The van der Waals surface area contributed by atoms with E-state index in [0.29, 0.717) is 30.3 Å². The Bertz CT molecular complexity index is 915. The van der Waals surface area contributed by atoms with E-state index in [9.17, 15) is 4.79 Å². The first-order chi connectivity index (χ1) is 12.1. The average Bonchev–Trinajstić information content (AvgIpc) is 3.21. The number of amides is 1. The van der Waals surface area contributed by atoms with Crippen LogP contribution < -0.4 is 10.2 Å². The summed E-state index contributed by atoms with van der Waals surface area (Å²) in [5, 5.41) is 4.99. The maximum absolute atomic E-state index is 12.4. The molecule has 0 radical (unpaired) electrons. The van der Waals surface area contributed by atoms with E-state index in [0.717, 1.165) is 11.9 Å². The molecule has 130 valence electrons. The van der Waals surface area contributed by atoms with Crippen LogP contribution in [0.3, 0.4) is 0 Å². The Kier molecular flexibility index (Phi) is 4.19. The Hall–Kier alpha value is -2.38. The zero-order chi connectivity index (χ0) is 17.4. The SMILES string of the molecule is CN(C)c1nc2ccc(NC(=O)CC3OCCc4ccsc43)cc2o1. The van der Waals surface area contributed by atoms with Crippen molar-refractivity contribution in [1.82, 2.24) is 4.98 Å². The molecular formula is C18H19N3O3S. The number of thiophene rings is 1. The molecule has 25 heavy (non-hydrogen) atoms. The quantitative estimate of drug-likeness (QED) is 0.773. The molecule has 1 atom stereocenters. The third-order valence-electron chi connectivity index (χ3n) is 4.18. The summed E-state index contributed by atoms with van der Waals surface area (Å²) in [6.45, 7) is 0.666. The minimum Gasteiger partial charge on any atom is -0.423 e. The fourth-order valence-corrected chi connectivity index (χ4v) is 3.94. The molecule has 1 aliphatic rings. The molecule has 0 spiro atoms. The molecule has 6 nitrogen and oxygen atoms in total. The van der Waals surface area contributed by atoms with Crippen LogP contribution in [0.1, 0.15) is 23.0 Å². The van der Waals surface area contributed by atoms with Crippen LogP contribution in [0.4, 0.5) is 11.7 Å². The molecule has 1 aliphatic heterocycles. The third kappa shape index (κ3) is 3.25. The number of anilines is 2. The molecule has 3 heterocycles. The zero-order valence-electron chi connectivity index (χ0n) is 14.1. The number of carbonyl (C=O) groups is 1. The molecule has 0 aliphatic carbocycles. The average molecular weight is 357 g/mol. The van der Waals surface area contributed by atoms with Crippen molar-refractivity contribution >= 4 is 40.0 Å². The van der Waals surface area contributed by atoms with Crippen LogP contribution in [0.5, 0.6) is 0 Å². The highest BCUT2D eigenvalue weighted by Crippen LogP contribution is 2.34. The lowest BCUT2D eigenvalue weighted by molar-refractivity contribution is -0.119. The Balaban J connectivity index is 1.47.